The van der Waals surface area contributed by atoms with E-state index in [-0.39, 0.29) is 12.0 Å². The van der Waals surface area contributed by atoms with Crippen LogP contribution in [-0.2, 0) is 11.2 Å². The minimum absolute atomic E-state index is 0.0231. The van der Waals surface area contributed by atoms with Gasteiger partial charge in [0.2, 0.25) is 11.8 Å². The summed E-state index contributed by atoms with van der Waals surface area (Å²) in [6.07, 6.45) is 1.91. The number of hydrogen-bond donors (Lipinski definition) is 0. The molecule has 1 saturated heterocycles. The van der Waals surface area contributed by atoms with Crippen molar-refractivity contribution in [1.29, 1.82) is 0 Å². The fourth-order valence-electron chi connectivity index (χ4n) is 2.92. The van der Waals surface area contributed by atoms with Crippen LogP contribution in [0.4, 0.5) is 0 Å². The Morgan fingerprint density at radius 1 is 1.33 bits per heavy atom. The molecule has 1 fully saturated rings. The maximum atomic E-state index is 12.4. The summed E-state index contributed by atoms with van der Waals surface area (Å²) in [6, 6.07) is 3.67. The Kier molecular flexibility index (Phi) is 4.78. The van der Waals surface area contributed by atoms with Crippen molar-refractivity contribution < 1.29 is 14.1 Å². The summed E-state index contributed by atoms with van der Waals surface area (Å²) in [5.41, 5.74) is 2.75. The highest BCUT2D eigenvalue weighted by Gasteiger charge is 2.28. The van der Waals surface area contributed by atoms with Gasteiger partial charge in [0, 0.05) is 31.0 Å². The Bertz CT molecular complexity index is 692. The molecule has 0 N–H and O–H groups in total. The third kappa shape index (κ3) is 3.72. The van der Waals surface area contributed by atoms with Gasteiger partial charge in [-0.15, -0.1) is 5.10 Å². The quantitative estimate of drug-likeness (QED) is 0.834. The molecular formula is C17H22N4O3. The van der Waals surface area contributed by atoms with Crippen LogP contribution in [0.25, 0.3) is 0 Å². The molecule has 1 aliphatic rings. The highest BCUT2D eigenvalue weighted by atomic mass is 16.5. The fourth-order valence-corrected chi connectivity index (χ4v) is 2.92. The number of carbonyl (C=O) groups excluding carboxylic acids is 1. The average Bonchev–Trinajstić information content (AvgIpc) is 3.15. The fraction of sp³-hybridized carbons (Fsp3) is 0.529. The Labute approximate surface area is 141 Å². The van der Waals surface area contributed by atoms with Crippen LogP contribution in [-0.4, -0.2) is 45.4 Å². The van der Waals surface area contributed by atoms with Crippen molar-refractivity contribution in [3.63, 3.8) is 0 Å². The number of nitrogens with zero attached hydrogens (tertiary/aromatic N) is 4. The molecule has 3 rings (SSSR count). The third-order valence-corrected chi connectivity index (χ3v) is 4.33. The van der Waals surface area contributed by atoms with E-state index in [1.807, 2.05) is 37.8 Å². The monoisotopic (exact) mass is 330 g/mol. The summed E-state index contributed by atoms with van der Waals surface area (Å²) in [7, 11) is 0. The Morgan fingerprint density at radius 2 is 2.17 bits per heavy atom. The minimum atomic E-state index is -0.0231. The lowest BCUT2D eigenvalue weighted by Crippen LogP contribution is -2.31. The van der Waals surface area contributed by atoms with Crippen LogP contribution in [0.2, 0.25) is 0 Å². The summed E-state index contributed by atoms with van der Waals surface area (Å²) in [5.74, 6) is 1.44. The zero-order valence-corrected chi connectivity index (χ0v) is 14.3. The van der Waals surface area contributed by atoms with E-state index >= 15 is 0 Å². The number of rotatable bonds is 5. The van der Waals surface area contributed by atoms with E-state index in [1.165, 1.54) is 0 Å². The zero-order chi connectivity index (χ0) is 17.1. The van der Waals surface area contributed by atoms with E-state index < -0.39 is 0 Å². The van der Waals surface area contributed by atoms with Gasteiger partial charge in [0.1, 0.15) is 11.9 Å². The molecule has 1 aliphatic heterocycles. The molecule has 0 unspecified atom stereocenters. The predicted molar refractivity (Wildman–Crippen MR) is 86.7 cm³/mol. The lowest BCUT2D eigenvalue weighted by molar-refractivity contribution is -0.130. The van der Waals surface area contributed by atoms with E-state index in [2.05, 4.69) is 15.4 Å². The van der Waals surface area contributed by atoms with Gasteiger partial charge >= 0.3 is 0 Å². The van der Waals surface area contributed by atoms with Crippen molar-refractivity contribution >= 4 is 5.91 Å². The van der Waals surface area contributed by atoms with Crippen LogP contribution in [0.3, 0.4) is 0 Å². The van der Waals surface area contributed by atoms with Crippen LogP contribution < -0.4 is 4.74 Å². The van der Waals surface area contributed by atoms with Crippen LogP contribution in [0.5, 0.6) is 5.88 Å². The molecule has 24 heavy (non-hydrogen) atoms. The third-order valence-electron chi connectivity index (χ3n) is 4.33. The molecule has 0 radical (unpaired) electrons. The summed E-state index contributed by atoms with van der Waals surface area (Å²) in [5, 5.41) is 11.9. The maximum Gasteiger partial charge on any atom is 0.233 e. The van der Waals surface area contributed by atoms with E-state index in [0.29, 0.717) is 31.8 Å². The number of hydrogen-bond acceptors (Lipinski definition) is 6. The Hall–Kier alpha value is -2.44. The van der Waals surface area contributed by atoms with E-state index in [4.69, 9.17) is 9.26 Å². The summed E-state index contributed by atoms with van der Waals surface area (Å²) in [4.78, 5) is 14.2. The van der Waals surface area contributed by atoms with Crippen molar-refractivity contribution in [3.8, 4) is 5.88 Å². The smallest absolute Gasteiger partial charge is 0.233 e. The Morgan fingerprint density at radius 3 is 2.83 bits per heavy atom. The molecular weight excluding hydrogens is 308 g/mol. The van der Waals surface area contributed by atoms with Gasteiger partial charge in [-0.25, -0.2) is 0 Å². The van der Waals surface area contributed by atoms with Crippen LogP contribution in [0, 0.1) is 20.8 Å². The predicted octanol–water partition coefficient (Wildman–Crippen LogP) is 2.00. The molecule has 0 aliphatic carbocycles. The van der Waals surface area contributed by atoms with Gasteiger partial charge in [-0.05, 0) is 33.3 Å². The lowest BCUT2D eigenvalue weighted by atomic mass is 10.1. The highest BCUT2D eigenvalue weighted by Crippen LogP contribution is 2.19. The van der Waals surface area contributed by atoms with E-state index in [9.17, 15) is 4.79 Å². The first-order valence-electron chi connectivity index (χ1n) is 8.19. The maximum absolute atomic E-state index is 12.4. The molecule has 2 aromatic heterocycles. The van der Waals surface area contributed by atoms with Crippen molar-refractivity contribution in [2.24, 2.45) is 0 Å². The summed E-state index contributed by atoms with van der Waals surface area (Å²) in [6.45, 7) is 6.97. The first kappa shape index (κ1) is 16.4. The first-order chi connectivity index (χ1) is 11.5. The van der Waals surface area contributed by atoms with Gasteiger partial charge in [0.25, 0.3) is 0 Å². The summed E-state index contributed by atoms with van der Waals surface area (Å²) >= 11 is 0. The second-order valence-corrected chi connectivity index (χ2v) is 6.18. The second kappa shape index (κ2) is 6.98. The van der Waals surface area contributed by atoms with E-state index in [1.54, 1.807) is 0 Å². The normalized spacial score (nSPS) is 17.3. The molecule has 2 aromatic rings. The molecule has 1 atom stereocenters. The largest absolute Gasteiger partial charge is 0.471 e. The Balaban J connectivity index is 1.49. The van der Waals surface area contributed by atoms with Crippen molar-refractivity contribution in [2.45, 2.75) is 46.1 Å². The second-order valence-electron chi connectivity index (χ2n) is 6.18. The minimum Gasteiger partial charge on any atom is -0.471 e. The molecule has 3 heterocycles. The van der Waals surface area contributed by atoms with Crippen molar-refractivity contribution in [1.82, 2.24) is 20.3 Å². The number of likely N-dealkylation sites (tertiary alicyclic amines) is 1. The average molecular weight is 330 g/mol. The number of carbonyl (C=O) groups is 1. The topological polar surface area (TPSA) is 81.4 Å². The van der Waals surface area contributed by atoms with Crippen LogP contribution >= 0.6 is 0 Å². The standard InChI is InChI=1S/C17H22N4O3/c1-11-4-6-16(19-18-11)23-14-8-9-21(10-14)17(22)7-5-15-12(2)20-24-13(15)3/h4,6,14H,5,7-10H2,1-3H3/t14-/m1/s1. The molecule has 0 aromatic carbocycles. The van der Waals surface area contributed by atoms with Gasteiger partial charge in [-0.3, -0.25) is 4.79 Å². The van der Waals surface area contributed by atoms with Gasteiger partial charge < -0.3 is 14.2 Å². The van der Waals surface area contributed by atoms with E-state index in [0.717, 1.165) is 29.1 Å². The van der Waals surface area contributed by atoms with Crippen molar-refractivity contribution in [2.75, 3.05) is 13.1 Å². The van der Waals surface area contributed by atoms with Gasteiger partial charge in [0.15, 0.2) is 0 Å². The van der Waals surface area contributed by atoms with Gasteiger partial charge in [-0.2, -0.15) is 5.10 Å². The lowest BCUT2D eigenvalue weighted by Gasteiger charge is -2.16. The molecule has 0 spiro atoms. The highest BCUT2D eigenvalue weighted by molar-refractivity contribution is 5.76. The van der Waals surface area contributed by atoms with Gasteiger partial charge in [-0.1, -0.05) is 5.16 Å². The number of amides is 1. The van der Waals surface area contributed by atoms with Crippen LogP contribution in [0.1, 0.15) is 35.6 Å². The molecule has 7 heteroatoms. The number of aryl methyl sites for hydroxylation is 3. The zero-order valence-electron chi connectivity index (χ0n) is 14.3. The number of aromatic nitrogens is 3. The molecule has 0 saturated carbocycles. The molecule has 7 nitrogen and oxygen atoms in total. The van der Waals surface area contributed by atoms with Crippen LogP contribution in [0.15, 0.2) is 16.7 Å². The molecule has 1 amide bonds. The number of ether oxygens (including phenoxy) is 1. The molecule has 0 bridgehead atoms. The summed E-state index contributed by atoms with van der Waals surface area (Å²) < 4.78 is 10.9. The van der Waals surface area contributed by atoms with Crippen molar-refractivity contribution in [3.05, 3.63) is 34.8 Å². The van der Waals surface area contributed by atoms with Gasteiger partial charge in [0.05, 0.1) is 17.9 Å². The first-order valence-corrected chi connectivity index (χ1v) is 8.19. The SMILES string of the molecule is Cc1ccc(O[C@@H]2CCN(C(=O)CCc3c(C)noc3C)C2)nn1. The molecule has 128 valence electrons.